The van der Waals surface area contributed by atoms with Crippen LogP contribution in [-0.4, -0.2) is 36.5 Å². The summed E-state index contributed by atoms with van der Waals surface area (Å²) in [5.74, 6) is 5.22. The van der Waals surface area contributed by atoms with Crippen LogP contribution in [0, 0.1) is 5.92 Å². The van der Waals surface area contributed by atoms with E-state index in [9.17, 15) is 9.59 Å². The number of benzene rings is 1. The number of piperidine rings is 1. The molecule has 0 aromatic heterocycles. The number of hydrogen-bond donors (Lipinski definition) is 2. The second-order valence-electron chi connectivity index (χ2n) is 5.56. The number of nitrogens with zero attached hydrogens (tertiary/aromatic N) is 1. The van der Waals surface area contributed by atoms with Crippen LogP contribution in [-0.2, 0) is 20.9 Å². The zero-order chi connectivity index (χ0) is 15.8. The van der Waals surface area contributed by atoms with Crippen LogP contribution in [0.5, 0.6) is 0 Å². The molecule has 0 atom stereocenters. The number of carbonyl (C=O) groups is 2. The quantitative estimate of drug-likeness (QED) is 0.267. The Bertz CT molecular complexity index is 487. The number of nitrogens with two attached hydrogens (primary N) is 1. The van der Waals surface area contributed by atoms with Crippen LogP contribution in [0.4, 0.5) is 0 Å². The third kappa shape index (κ3) is 5.46. The zero-order valence-electron chi connectivity index (χ0n) is 12.7. The number of carbonyl (C=O) groups excluding carboxylic acids is 2. The first kappa shape index (κ1) is 16.5. The van der Waals surface area contributed by atoms with Crippen LogP contribution in [0.1, 0.15) is 24.8 Å². The molecule has 1 aliphatic heterocycles. The third-order valence-corrected chi connectivity index (χ3v) is 3.77. The topological polar surface area (TPSA) is 84.7 Å². The maximum Gasteiger partial charge on any atom is 0.315 e. The zero-order valence-corrected chi connectivity index (χ0v) is 12.7. The molecule has 0 aliphatic carbocycles. The molecule has 0 saturated carbocycles. The number of hydrogen-bond acceptors (Lipinski definition) is 5. The van der Waals surface area contributed by atoms with Crippen LogP contribution in [0.25, 0.3) is 0 Å². The lowest BCUT2D eigenvalue weighted by molar-refractivity contribution is -0.150. The van der Waals surface area contributed by atoms with Gasteiger partial charge in [-0.3, -0.25) is 14.6 Å². The molecule has 3 N–H and O–H groups in total. The van der Waals surface area contributed by atoms with Gasteiger partial charge < -0.3 is 10.1 Å². The molecule has 1 amide bonds. The smallest absolute Gasteiger partial charge is 0.315 e. The van der Waals surface area contributed by atoms with Gasteiger partial charge in [-0.05, 0) is 37.4 Å². The van der Waals surface area contributed by atoms with Crippen LogP contribution in [0.3, 0.4) is 0 Å². The normalized spacial score (nSPS) is 15.3. The van der Waals surface area contributed by atoms with Gasteiger partial charge in [-0.2, -0.15) is 0 Å². The van der Waals surface area contributed by atoms with Gasteiger partial charge in [0.2, 0.25) is 5.91 Å². The summed E-state index contributed by atoms with van der Waals surface area (Å²) in [5.41, 5.74) is 0.891. The minimum atomic E-state index is -0.547. The fourth-order valence-electron chi connectivity index (χ4n) is 2.46. The fraction of sp³-hybridized carbons (Fsp3) is 0.500. The highest BCUT2D eigenvalue weighted by molar-refractivity contribution is 5.93. The van der Waals surface area contributed by atoms with E-state index in [4.69, 9.17) is 10.6 Å². The van der Waals surface area contributed by atoms with Gasteiger partial charge in [-0.15, -0.1) is 0 Å². The molecule has 0 unspecified atom stereocenters. The number of amides is 1. The molecular formula is C16H23N3O3. The Morgan fingerprint density at radius 3 is 2.59 bits per heavy atom. The lowest BCUT2D eigenvalue weighted by Gasteiger charge is -2.26. The maximum atomic E-state index is 11.9. The highest BCUT2D eigenvalue weighted by atomic mass is 16.5. The Balaban J connectivity index is 1.69. The van der Waals surface area contributed by atoms with Crippen LogP contribution in [0.15, 0.2) is 30.3 Å². The summed E-state index contributed by atoms with van der Waals surface area (Å²) in [6.07, 6.45) is 1.69. The van der Waals surface area contributed by atoms with Crippen molar-refractivity contribution in [1.29, 1.82) is 0 Å². The van der Waals surface area contributed by atoms with Crippen molar-refractivity contribution < 1.29 is 14.3 Å². The molecule has 1 aromatic rings. The second kappa shape index (κ2) is 8.51. The van der Waals surface area contributed by atoms with Crippen molar-refractivity contribution in [2.75, 3.05) is 19.6 Å². The summed E-state index contributed by atoms with van der Waals surface area (Å²) < 4.78 is 5.09. The van der Waals surface area contributed by atoms with Crippen molar-refractivity contribution in [2.45, 2.75) is 25.9 Å². The van der Waals surface area contributed by atoms with E-state index in [1.165, 1.54) is 0 Å². The first-order valence-corrected chi connectivity index (χ1v) is 7.60. The predicted octanol–water partition coefficient (Wildman–Crippen LogP) is 0.822. The van der Waals surface area contributed by atoms with Gasteiger partial charge in [0.05, 0.1) is 0 Å². The van der Waals surface area contributed by atoms with E-state index in [-0.39, 0.29) is 13.0 Å². The molecule has 1 fully saturated rings. The number of hydrazine groups is 1. The van der Waals surface area contributed by atoms with E-state index in [1.807, 2.05) is 30.3 Å². The van der Waals surface area contributed by atoms with Gasteiger partial charge in [0.1, 0.15) is 13.0 Å². The summed E-state index contributed by atoms with van der Waals surface area (Å²) in [6, 6.07) is 9.36. The van der Waals surface area contributed by atoms with E-state index in [0.29, 0.717) is 12.5 Å². The summed E-state index contributed by atoms with van der Waals surface area (Å²) in [7, 11) is 0. The Kier molecular flexibility index (Phi) is 6.36. The standard InChI is InChI=1S/C16H23N3O3/c17-19(11-13-6-8-18-9-7-13)15(20)10-16(21)22-12-14-4-2-1-3-5-14/h1-5,13,18H,6-12,17H2. The Morgan fingerprint density at radius 1 is 1.23 bits per heavy atom. The molecule has 1 heterocycles. The van der Waals surface area contributed by atoms with E-state index < -0.39 is 11.9 Å². The van der Waals surface area contributed by atoms with Gasteiger partial charge >= 0.3 is 5.97 Å². The van der Waals surface area contributed by atoms with E-state index >= 15 is 0 Å². The summed E-state index contributed by atoms with van der Waals surface area (Å²) in [6.45, 7) is 2.57. The molecule has 0 spiro atoms. The summed E-state index contributed by atoms with van der Waals surface area (Å²) in [5, 5.41) is 4.42. The van der Waals surface area contributed by atoms with Gasteiger partial charge in [-0.1, -0.05) is 30.3 Å². The number of rotatable bonds is 6. The first-order chi connectivity index (χ1) is 10.6. The average Bonchev–Trinajstić information content (AvgIpc) is 2.55. The average molecular weight is 305 g/mol. The van der Waals surface area contributed by atoms with Crippen molar-refractivity contribution in [1.82, 2.24) is 10.3 Å². The molecule has 1 saturated heterocycles. The molecule has 120 valence electrons. The molecule has 0 radical (unpaired) electrons. The Labute approximate surface area is 130 Å². The van der Waals surface area contributed by atoms with Crippen molar-refractivity contribution in [3.63, 3.8) is 0 Å². The van der Waals surface area contributed by atoms with Gasteiger partial charge in [0.15, 0.2) is 0 Å². The second-order valence-corrected chi connectivity index (χ2v) is 5.56. The molecule has 6 heteroatoms. The summed E-state index contributed by atoms with van der Waals surface area (Å²) in [4.78, 5) is 23.6. The lowest BCUT2D eigenvalue weighted by Crippen LogP contribution is -2.44. The molecule has 1 aromatic carbocycles. The Morgan fingerprint density at radius 2 is 1.91 bits per heavy atom. The number of nitrogens with one attached hydrogen (secondary N) is 1. The minimum Gasteiger partial charge on any atom is -0.460 e. The monoisotopic (exact) mass is 305 g/mol. The van der Waals surface area contributed by atoms with Gasteiger partial charge in [0.25, 0.3) is 0 Å². The summed E-state index contributed by atoms with van der Waals surface area (Å²) >= 11 is 0. The van der Waals surface area contributed by atoms with Crippen molar-refractivity contribution in [3.8, 4) is 0 Å². The molecule has 1 aliphatic rings. The lowest BCUT2D eigenvalue weighted by atomic mass is 9.98. The molecular weight excluding hydrogens is 282 g/mol. The largest absolute Gasteiger partial charge is 0.460 e. The van der Waals surface area contributed by atoms with Crippen LogP contribution < -0.4 is 11.2 Å². The van der Waals surface area contributed by atoms with E-state index in [2.05, 4.69) is 5.32 Å². The maximum absolute atomic E-state index is 11.9. The van der Waals surface area contributed by atoms with E-state index in [0.717, 1.165) is 36.5 Å². The SMILES string of the molecule is NN(CC1CCNCC1)C(=O)CC(=O)OCc1ccccc1. The number of ether oxygens (including phenoxy) is 1. The molecule has 0 bridgehead atoms. The fourth-order valence-corrected chi connectivity index (χ4v) is 2.46. The van der Waals surface area contributed by atoms with Crippen molar-refractivity contribution >= 4 is 11.9 Å². The minimum absolute atomic E-state index is 0.172. The Hall–Kier alpha value is -1.92. The van der Waals surface area contributed by atoms with Gasteiger partial charge in [0, 0.05) is 6.54 Å². The highest BCUT2D eigenvalue weighted by Gasteiger charge is 2.20. The predicted molar refractivity (Wildman–Crippen MR) is 82.3 cm³/mol. The molecule has 2 rings (SSSR count). The van der Waals surface area contributed by atoms with E-state index in [1.54, 1.807) is 0 Å². The van der Waals surface area contributed by atoms with Crippen molar-refractivity contribution in [3.05, 3.63) is 35.9 Å². The molecule has 6 nitrogen and oxygen atoms in total. The van der Waals surface area contributed by atoms with Gasteiger partial charge in [-0.25, -0.2) is 5.84 Å². The van der Waals surface area contributed by atoms with Crippen LogP contribution in [0.2, 0.25) is 0 Å². The number of esters is 1. The first-order valence-electron chi connectivity index (χ1n) is 7.60. The third-order valence-electron chi connectivity index (χ3n) is 3.77. The highest BCUT2D eigenvalue weighted by Crippen LogP contribution is 2.12. The van der Waals surface area contributed by atoms with Crippen LogP contribution >= 0.6 is 0 Å². The molecule has 22 heavy (non-hydrogen) atoms. The van der Waals surface area contributed by atoms with Crippen molar-refractivity contribution in [2.24, 2.45) is 11.8 Å².